The van der Waals surface area contributed by atoms with Crippen molar-refractivity contribution >= 4 is 5.97 Å². The number of esters is 1. The molecule has 0 aliphatic rings. The molecule has 2 nitrogen and oxygen atoms in total. The number of hydrogen-bond acceptors (Lipinski definition) is 2. The number of unbranched alkanes of at least 4 members (excludes halogenated alkanes) is 5. The highest BCUT2D eigenvalue weighted by Gasteiger charge is 2.07. The van der Waals surface area contributed by atoms with Crippen molar-refractivity contribution in [2.24, 2.45) is 11.8 Å². The fourth-order valence-electron chi connectivity index (χ4n) is 2.31. The summed E-state index contributed by atoms with van der Waals surface area (Å²) in [5.41, 5.74) is 0. The van der Waals surface area contributed by atoms with E-state index in [0.29, 0.717) is 18.9 Å². The molecule has 0 aromatic heterocycles. The van der Waals surface area contributed by atoms with Crippen LogP contribution in [0, 0.1) is 11.8 Å². The Morgan fingerprint density at radius 1 is 0.900 bits per heavy atom. The SMILES string of the molecule is CCCCCCCCC(=O)OCC(C)CCCC(C)C. The summed E-state index contributed by atoms with van der Waals surface area (Å²) in [6, 6.07) is 0. The third kappa shape index (κ3) is 13.9. The standard InChI is InChI=1S/C18H36O2/c1-5-6-7-8-9-10-14-18(19)20-15-17(4)13-11-12-16(2)3/h16-17H,5-15H2,1-4H3. The molecule has 0 spiro atoms. The molecule has 0 aliphatic carbocycles. The number of carbonyl (C=O) groups excluding carboxylic acids is 1. The monoisotopic (exact) mass is 284 g/mol. The number of rotatable bonds is 13. The van der Waals surface area contributed by atoms with Gasteiger partial charge in [-0.1, -0.05) is 72.6 Å². The topological polar surface area (TPSA) is 26.3 Å². The van der Waals surface area contributed by atoms with Crippen LogP contribution < -0.4 is 0 Å². The van der Waals surface area contributed by atoms with Crippen molar-refractivity contribution in [3.8, 4) is 0 Å². The van der Waals surface area contributed by atoms with Crippen molar-refractivity contribution in [2.75, 3.05) is 6.61 Å². The van der Waals surface area contributed by atoms with Gasteiger partial charge < -0.3 is 4.74 Å². The third-order valence-corrected chi connectivity index (χ3v) is 3.74. The van der Waals surface area contributed by atoms with E-state index >= 15 is 0 Å². The molecule has 0 radical (unpaired) electrons. The van der Waals surface area contributed by atoms with Gasteiger partial charge in [-0.15, -0.1) is 0 Å². The molecule has 0 aromatic carbocycles. The minimum atomic E-state index is -0.00352. The van der Waals surface area contributed by atoms with Gasteiger partial charge in [-0.3, -0.25) is 4.79 Å². The first-order valence-corrected chi connectivity index (χ1v) is 8.71. The van der Waals surface area contributed by atoms with Crippen molar-refractivity contribution in [1.29, 1.82) is 0 Å². The van der Waals surface area contributed by atoms with Crippen LogP contribution in [0.3, 0.4) is 0 Å². The minimum absolute atomic E-state index is 0.00352. The molecule has 1 atom stereocenters. The van der Waals surface area contributed by atoms with Gasteiger partial charge in [0.05, 0.1) is 6.61 Å². The van der Waals surface area contributed by atoms with Crippen LogP contribution >= 0.6 is 0 Å². The van der Waals surface area contributed by atoms with Gasteiger partial charge in [0.2, 0.25) is 0 Å². The average molecular weight is 284 g/mol. The Morgan fingerprint density at radius 2 is 1.55 bits per heavy atom. The molecule has 0 heterocycles. The van der Waals surface area contributed by atoms with Gasteiger partial charge in [0.25, 0.3) is 0 Å². The zero-order valence-electron chi connectivity index (χ0n) is 14.2. The Kier molecular flexibility index (Phi) is 13.1. The third-order valence-electron chi connectivity index (χ3n) is 3.74. The molecule has 0 saturated carbocycles. The van der Waals surface area contributed by atoms with E-state index in [1.54, 1.807) is 0 Å². The van der Waals surface area contributed by atoms with Gasteiger partial charge in [0.15, 0.2) is 0 Å². The van der Waals surface area contributed by atoms with Crippen LogP contribution in [0.15, 0.2) is 0 Å². The Hall–Kier alpha value is -0.530. The lowest BCUT2D eigenvalue weighted by atomic mass is 10.0. The molecule has 0 rings (SSSR count). The molecule has 0 fully saturated rings. The molecule has 0 aromatic rings. The second-order valence-corrected chi connectivity index (χ2v) is 6.63. The summed E-state index contributed by atoms with van der Waals surface area (Å²) in [4.78, 5) is 11.6. The smallest absolute Gasteiger partial charge is 0.305 e. The fourth-order valence-corrected chi connectivity index (χ4v) is 2.31. The normalized spacial score (nSPS) is 12.7. The molecule has 20 heavy (non-hydrogen) atoms. The highest BCUT2D eigenvalue weighted by Crippen LogP contribution is 2.13. The van der Waals surface area contributed by atoms with Crippen LogP contribution in [-0.2, 0) is 9.53 Å². The van der Waals surface area contributed by atoms with E-state index in [-0.39, 0.29) is 5.97 Å². The van der Waals surface area contributed by atoms with Gasteiger partial charge in [-0.05, 0) is 24.7 Å². The molecule has 0 amide bonds. The van der Waals surface area contributed by atoms with Crippen LogP contribution in [0.1, 0.15) is 91.9 Å². The largest absolute Gasteiger partial charge is 0.465 e. The summed E-state index contributed by atoms with van der Waals surface area (Å²) < 4.78 is 5.35. The van der Waals surface area contributed by atoms with Crippen LogP contribution in [0.4, 0.5) is 0 Å². The highest BCUT2D eigenvalue weighted by atomic mass is 16.5. The number of hydrogen-bond donors (Lipinski definition) is 0. The first kappa shape index (κ1) is 19.5. The van der Waals surface area contributed by atoms with Gasteiger partial charge in [-0.2, -0.15) is 0 Å². The second-order valence-electron chi connectivity index (χ2n) is 6.63. The van der Waals surface area contributed by atoms with E-state index in [0.717, 1.165) is 12.3 Å². The maximum absolute atomic E-state index is 11.6. The Labute approximate surface area is 126 Å². The second kappa shape index (κ2) is 13.5. The maximum atomic E-state index is 11.6. The molecule has 0 aliphatic heterocycles. The maximum Gasteiger partial charge on any atom is 0.305 e. The van der Waals surface area contributed by atoms with E-state index in [2.05, 4.69) is 27.7 Å². The minimum Gasteiger partial charge on any atom is -0.465 e. The van der Waals surface area contributed by atoms with Crippen molar-refractivity contribution in [2.45, 2.75) is 91.9 Å². The van der Waals surface area contributed by atoms with E-state index in [9.17, 15) is 4.79 Å². The predicted octanol–water partition coefficient (Wildman–Crippen LogP) is 5.74. The van der Waals surface area contributed by atoms with Crippen molar-refractivity contribution in [3.05, 3.63) is 0 Å². The summed E-state index contributed by atoms with van der Waals surface area (Å²) in [5.74, 6) is 1.27. The summed E-state index contributed by atoms with van der Waals surface area (Å²) in [7, 11) is 0. The average Bonchev–Trinajstić information content (AvgIpc) is 2.40. The van der Waals surface area contributed by atoms with Crippen LogP contribution in [0.2, 0.25) is 0 Å². The molecule has 1 unspecified atom stereocenters. The molecule has 0 N–H and O–H groups in total. The van der Waals surface area contributed by atoms with Crippen LogP contribution in [-0.4, -0.2) is 12.6 Å². The zero-order valence-corrected chi connectivity index (χ0v) is 14.2. The van der Waals surface area contributed by atoms with Crippen molar-refractivity contribution in [1.82, 2.24) is 0 Å². The molecular formula is C18H36O2. The molecule has 0 saturated heterocycles. The molecule has 120 valence electrons. The van der Waals surface area contributed by atoms with Crippen molar-refractivity contribution in [3.63, 3.8) is 0 Å². The lowest BCUT2D eigenvalue weighted by Gasteiger charge is -2.12. The summed E-state index contributed by atoms with van der Waals surface area (Å²) in [6.45, 7) is 9.52. The fraction of sp³-hybridized carbons (Fsp3) is 0.944. The number of carbonyl (C=O) groups is 1. The van der Waals surface area contributed by atoms with Gasteiger partial charge in [0.1, 0.15) is 0 Å². The number of ether oxygens (including phenoxy) is 1. The van der Waals surface area contributed by atoms with Crippen LogP contribution in [0.25, 0.3) is 0 Å². The van der Waals surface area contributed by atoms with Crippen molar-refractivity contribution < 1.29 is 9.53 Å². The first-order chi connectivity index (χ1) is 9.56. The molecule has 2 heteroatoms. The lowest BCUT2D eigenvalue weighted by Crippen LogP contribution is -2.12. The van der Waals surface area contributed by atoms with E-state index in [1.165, 1.54) is 51.4 Å². The van der Waals surface area contributed by atoms with Crippen LogP contribution in [0.5, 0.6) is 0 Å². The van der Waals surface area contributed by atoms with E-state index in [4.69, 9.17) is 4.74 Å². The molecular weight excluding hydrogens is 248 g/mol. The van der Waals surface area contributed by atoms with Gasteiger partial charge >= 0.3 is 5.97 Å². The van der Waals surface area contributed by atoms with E-state index in [1.807, 2.05) is 0 Å². The highest BCUT2D eigenvalue weighted by molar-refractivity contribution is 5.69. The molecule has 0 bridgehead atoms. The Morgan fingerprint density at radius 3 is 2.20 bits per heavy atom. The summed E-state index contributed by atoms with van der Waals surface area (Å²) in [6.07, 6.45) is 11.6. The Balaban J connectivity index is 3.38. The Bertz CT molecular complexity index is 223. The first-order valence-electron chi connectivity index (χ1n) is 8.71. The predicted molar refractivity (Wildman–Crippen MR) is 86.8 cm³/mol. The summed E-state index contributed by atoms with van der Waals surface area (Å²) >= 11 is 0. The van der Waals surface area contributed by atoms with Gasteiger partial charge in [-0.25, -0.2) is 0 Å². The lowest BCUT2D eigenvalue weighted by molar-refractivity contribution is -0.145. The zero-order chi connectivity index (χ0) is 15.2. The van der Waals surface area contributed by atoms with Gasteiger partial charge in [0, 0.05) is 6.42 Å². The summed E-state index contributed by atoms with van der Waals surface area (Å²) in [5, 5.41) is 0. The van der Waals surface area contributed by atoms with E-state index < -0.39 is 0 Å². The quantitative estimate of drug-likeness (QED) is 0.318.